The highest BCUT2D eigenvalue weighted by Crippen LogP contribution is 2.28. The average Bonchev–Trinajstić information content (AvgIpc) is 2.79. The summed E-state index contributed by atoms with van der Waals surface area (Å²) in [7, 11) is 0. The highest BCUT2D eigenvalue weighted by molar-refractivity contribution is 6.31. The van der Waals surface area contributed by atoms with Crippen molar-refractivity contribution in [3.05, 3.63) is 89.1 Å². The van der Waals surface area contributed by atoms with Gasteiger partial charge in [0.2, 0.25) is 5.91 Å². The molecule has 4 aromatic rings. The van der Waals surface area contributed by atoms with Crippen LogP contribution in [0.15, 0.2) is 72.9 Å². The largest absolute Gasteiger partial charge is 0.457 e. The number of aromatic nitrogens is 1. The van der Waals surface area contributed by atoms with E-state index in [1.807, 2.05) is 24.3 Å². The lowest BCUT2D eigenvalue weighted by molar-refractivity contribution is -0.114. The van der Waals surface area contributed by atoms with Gasteiger partial charge in [0.05, 0.1) is 0 Å². The molecule has 0 aliphatic heterocycles. The third-order valence-corrected chi connectivity index (χ3v) is 5.16. The van der Waals surface area contributed by atoms with Crippen LogP contribution in [0, 0.1) is 0 Å². The Labute approximate surface area is 194 Å². The number of carbonyl (C=O) groups is 2. The van der Waals surface area contributed by atoms with Gasteiger partial charge in [-0.1, -0.05) is 23.7 Å². The summed E-state index contributed by atoms with van der Waals surface area (Å²) in [6, 6.07) is 18.8. The Morgan fingerprint density at radius 3 is 2.52 bits per heavy atom. The lowest BCUT2D eigenvalue weighted by Crippen LogP contribution is -2.12. The van der Waals surface area contributed by atoms with Crippen LogP contribution in [0.5, 0.6) is 11.5 Å². The third-order valence-electron chi connectivity index (χ3n) is 4.79. The number of amides is 2. The van der Waals surface area contributed by atoms with Gasteiger partial charge in [-0.05, 0) is 59.3 Å². The Morgan fingerprint density at radius 2 is 1.73 bits per heavy atom. The van der Waals surface area contributed by atoms with E-state index in [1.54, 1.807) is 36.4 Å². The molecule has 6 nitrogen and oxygen atoms in total. The minimum absolute atomic E-state index is 0.226. The van der Waals surface area contributed by atoms with E-state index >= 15 is 0 Å². The van der Waals surface area contributed by atoms with Crippen LogP contribution in [0.3, 0.4) is 0 Å². The van der Waals surface area contributed by atoms with E-state index in [2.05, 4.69) is 15.6 Å². The molecular formula is C25H19ClFN3O3. The molecule has 0 atom stereocenters. The molecule has 8 heteroatoms. The molecule has 0 radical (unpaired) electrons. The molecule has 2 amide bonds. The maximum Gasteiger partial charge on any atom is 0.255 e. The first kappa shape index (κ1) is 22.2. The second-order valence-corrected chi connectivity index (χ2v) is 7.68. The average molecular weight is 464 g/mol. The molecule has 1 aromatic heterocycles. The fraction of sp³-hybridized carbons (Fsp3) is 0.0800. The quantitative estimate of drug-likeness (QED) is 0.348. The summed E-state index contributed by atoms with van der Waals surface area (Å²) in [4.78, 5) is 28.0. The highest BCUT2D eigenvalue weighted by Gasteiger charge is 2.10. The number of benzene rings is 3. The van der Waals surface area contributed by atoms with Gasteiger partial charge in [-0.3, -0.25) is 9.59 Å². The standard InChI is InChI=1S/C25H19ClFN3O3/c1-15(31)29-24-13-22(8-9-28-24)33-21-6-4-16-2-3-17(10-18(16)12-21)25(32)30-20-5-7-23(26)19(11-20)14-27/h2-13H,14H2,1H3,(H,30,32)(H,28,29,31). The normalized spacial score (nSPS) is 10.6. The fourth-order valence-electron chi connectivity index (χ4n) is 3.25. The lowest BCUT2D eigenvalue weighted by atomic mass is 10.1. The molecule has 0 saturated carbocycles. The summed E-state index contributed by atoms with van der Waals surface area (Å²) in [6.07, 6.45) is 1.54. The summed E-state index contributed by atoms with van der Waals surface area (Å²) in [5.41, 5.74) is 1.21. The first-order valence-electron chi connectivity index (χ1n) is 10.0. The molecule has 4 rings (SSSR count). The van der Waals surface area contributed by atoms with Crippen LogP contribution in [0.4, 0.5) is 15.9 Å². The van der Waals surface area contributed by atoms with Crippen molar-refractivity contribution < 1.29 is 18.7 Å². The lowest BCUT2D eigenvalue weighted by Gasteiger charge is -2.10. The van der Waals surface area contributed by atoms with Gasteiger partial charge < -0.3 is 15.4 Å². The minimum atomic E-state index is -0.717. The van der Waals surface area contributed by atoms with E-state index in [-0.39, 0.29) is 11.8 Å². The molecule has 0 bridgehead atoms. The van der Waals surface area contributed by atoms with Gasteiger partial charge in [-0.15, -0.1) is 0 Å². The van der Waals surface area contributed by atoms with Crippen LogP contribution in [-0.2, 0) is 11.5 Å². The Balaban J connectivity index is 1.55. The van der Waals surface area contributed by atoms with Gasteiger partial charge in [0, 0.05) is 41.0 Å². The molecule has 3 aromatic carbocycles. The zero-order valence-corrected chi connectivity index (χ0v) is 18.3. The minimum Gasteiger partial charge on any atom is -0.457 e. The monoisotopic (exact) mass is 463 g/mol. The first-order chi connectivity index (χ1) is 15.9. The van der Waals surface area contributed by atoms with Crippen molar-refractivity contribution >= 4 is 45.7 Å². The summed E-state index contributed by atoms with van der Waals surface area (Å²) in [5, 5.41) is 7.42. The van der Waals surface area contributed by atoms with Gasteiger partial charge in [0.25, 0.3) is 5.91 Å². The number of halogens is 2. The predicted molar refractivity (Wildman–Crippen MR) is 127 cm³/mol. The number of nitrogens with one attached hydrogen (secondary N) is 2. The highest BCUT2D eigenvalue weighted by atomic mass is 35.5. The second-order valence-electron chi connectivity index (χ2n) is 7.28. The Hall–Kier alpha value is -3.97. The van der Waals surface area contributed by atoms with Crippen molar-refractivity contribution in [3.8, 4) is 11.5 Å². The van der Waals surface area contributed by atoms with Crippen LogP contribution in [-0.4, -0.2) is 16.8 Å². The molecule has 0 spiro atoms. The zero-order chi connectivity index (χ0) is 23.4. The van der Waals surface area contributed by atoms with Gasteiger partial charge in [0.1, 0.15) is 24.0 Å². The third kappa shape index (κ3) is 5.45. The van der Waals surface area contributed by atoms with Gasteiger partial charge in [-0.25, -0.2) is 9.37 Å². The number of alkyl halides is 1. The molecule has 0 saturated heterocycles. The number of nitrogens with zero attached hydrogens (tertiary/aromatic N) is 1. The van der Waals surface area contributed by atoms with Crippen LogP contribution >= 0.6 is 11.6 Å². The zero-order valence-electron chi connectivity index (χ0n) is 17.6. The van der Waals surface area contributed by atoms with Crippen LogP contribution in [0.25, 0.3) is 10.8 Å². The Kier molecular flexibility index (Phi) is 6.51. The number of pyridine rings is 1. The van der Waals surface area contributed by atoms with Crippen LogP contribution in [0.1, 0.15) is 22.8 Å². The van der Waals surface area contributed by atoms with Crippen LogP contribution in [0.2, 0.25) is 5.02 Å². The molecule has 1 heterocycles. The maximum absolute atomic E-state index is 13.0. The number of fused-ring (bicyclic) bond motifs is 1. The van der Waals surface area contributed by atoms with Crippen molar-refractivity contribution in [3.63, 3.8) is 0 Å². The smallest absolute Gasteiger partial charge is 0.255 e. The maximum atomic E-state index is 13.0. The molecule has 0 aliphatic rings. The SMILES string of the molecule is CC(=O)Nc1cc(Oc2ccc3ccc(C(=O)Nc4ccc(Cl)c(CF)c4)cc3c2)ccn1. The van der Waals surface area contributed by atoms with Gasteiger partial charge in [0.15, 0.2) is 0 Å². The Bertz CT molecular complexity index is 1360. The number of ether oxygens (including phenoxy) is 1. The molecule has 2 N–H and O–H groups in total. The number of hydrogen-bond donors (Lipinski definition) is 2. The molecule has 166 valence electrons. The van der Waals surface area contributed by atoms with E-state index in [9.17, 15) is 14.0 Å². The van der Waals surface area contributed by atoms with E-state index in [0.717, 1.165) is 10.8 Å². The molecule has 0 aliphatic carbocycles. The predicted octanol–water partition coefficient (Wildman–Crippen LogP) is 6.36. The van der Waals surface area contributed by atoms with Gasteiger partial charge >= 0.3 is 0 Å². The topological polar surface area (TPSA) is 80.3 Å². The van der Waals surface area contributed by atoms with E-state index in [1.165, 1.54) is 19.2 Å². The first-order valence-corrected chi connectivity index (χ1v) is 10.4. The molecule has 33 heavy (non-hydrogen) atoms. The van der Waals surface area contributed by atoms with E-state index in [0.29, 0.717) is 39.2 Å². The van der Waals surface area contributed by atoms with Crippen molar-refractivity contribution in [2.45, 2.75) is 13.6 Å². The Morgan fingerprint density at radius 1 is 0.939 bits per heavy atom. The van der Waals surface area contributed by atoms with Crippen LogP contribution < -0.4 is 15.4 Å². The summed E-state index contributed by atoms with van der Waals surface area (Å²) in [5.74, 6) is 0.900. The summed E-state index contributed by atoms with van der Waals surface area (Å²) < 4.78 is 18.9. The summed E-state index contributed by atoms with van der Waals surface area (Å²) >= 11 is 5.93. The molecule has 0 fully saturated rings. The van der Waals surface area contributed by atoms with Crippen molar-refractivity contribution in [2.75, 3.05) is 10.6 Å². The van der Waals surface area contributed by atoms with Crippen molar-refractivity contribution in [1.29, 1.82) is 0 Å². The van der Waals surface area contributed by atoms with E-state index < -0.39 is 6.67 Å². The second kappa shape index (κ2) is 9.67. The van der Waals surface area contributed by atoms with Crippen molar-refractivity contribution in [1.82, 2.24) is 4.98 Å². The van der Waals surface area contributed by atoms with Gasteiger partial charge in [-0.2, -0.15) is 0 Å². The number of hydrogen-bond acceptors (Lipinski definition) is 4. The number of anilines is 2. The number of carbonyl (C=O) groups excluding carboxylic acids is 2. The van der Waals surface area contributed by atoms with Crippen molar-refractivity contribution in [2.24, 2.45) is 0 Å². The van der Waals surface area contributed by atoms with E-state index in [4.69, 9.17) is 16.3 Å². The number of rotatable bonds is 6. The molecule has 0 unspecified atom stereocenters. The molecular weight excluding hydrogens is 445 g/mol. The fourth-order valence-corrected chi connectivity index (χ4v) is 3.42. The summed E-state index contributed by atoms with van der Waals surface area (Å²) in [6.45, 7) is 0.685.